The summed E-state index contributed by atoms with van der Waals surface area (Å²) in [6, 6.07) is 10.4. The summed E-state index contributed by atoms with van der Waals surface area (Å²) in [5, 5.41) is 10.0. The Labute approximate surface area is 107 Å². The largest absolute Gasteiger partial charge is 0.393 e. The number of aliphatic hydroxyl groups is 1. The fraction of sp³-hybridized carbons (Fsp3) is 0.533. The topological polar surface area (TPSA) is 40.5 Å². The van der Waals surface area contributed by atoms with E-state index < -0.39 is 0 Å². The first-order chi connectivity index (χ1) is 8.75. The predicted molar refractivity (Wildman–Crippen MR) is 68.9 cm³/mol. The van der Waals surface area contributed by atoms with E-state index in [1.807, 2.05) is 23.1 Å². The van der Waals surface area contributed by atoms with Crippen molar-refractivity contribution >= 4 is 5.91 Å². The second-order valence-electron chi connectivity index (χ2n) is 5.40. The van der Waals surface area contributed by atoms with Crippen molar-refractivity contribution in [3.63, 3.8) is 0 Å². The molecule has 3 rings (SSSR count). The number of fused-ring (bicyclic) bond motifs is 1. The SMILES string of the molecule is O=C1CCC[C@@H]2CC(O)C[C@@H](c3ccccc3)N12. The normalized spacial score (nSPS) is 32.2. The Morgan fingerprint density at radius 1 is 1.17 bits per heavy atom. The van der Waals surface area contributed by atoms with E-state index in [4.69, 9.17) is 0 Å². The van der Waals surface area contributed by atoms with Gasteiger partial charge in [0.05, 0.1) is 12.1 Å². The molecule has 1 unspecified atom stereocenters. The zero-order valence-electron chi connectivity index (χ0n) is 10.5. The van der Waals surface area contributed by atoms with Crippen molar-refractivity contribution in [1.29, 1.82) is 0 Å². The highest BCUT2D eigenvalue weighted by Crippen LogP contribution is 2.38. The van der Waals surface area contributed by atoms with Crippen molar-refractivity contribution in [2.45, 2.75) is 50.3 Å². The molecule has 1 amide bonds. The molecule has 2 heterocycles. The van der Waals surface area contributed by atoms with Crippen LogP contribution in [0.2, 0.25) is 0 Å². The molecule has 18 heavy (non-hydrogen) atoms. The van der Waals surface area contributed by atoms with Gasteiger partial charge in [-0.25, -0.2) is 0 Å². The van der Waals surface area contributed by atoms with Crippen molar-refractivity contribution < 1.29 is 9.90 Å². The van der Waals surface area contributed by atoms with Crippen molar-refractivity contribution in [1.82, 2.24) is 4.90 Å². The van der Waals surface area contributed by atoms with Gasteiger partial charge < -0.3 is 10.0 Å². The number of piperidine rings is 2. The van der Waals surface area contributed by atoms with Crippen LogP contribution >= 0.6 is 0 Å². The lowest BCUT2D eigenvalue weighted by Crippen LogP contribution is -2.51. The molecule has 3 heteroatoms. The molecule has 0 spiro atoms. The summed E-state index contributed by atoms with van der Waals surface area (Å²) >= 11 is 0. The molecule has 0 saturated carbocycles. The first-order valence-electron chi connectivity index (χ1n) is 6.80. The van der Waals surface area contributed by atoms with Crippen molar-refractivity contribution in [2.75, 3.05) is 0 Å². The van der Waals surface area contributed by atoms with Gasteiger partial charge in [-0.2, -0.15) is 0 Å². The van der Waals surface area contributed by atoms with E-state index in [2.05, 4.69) is 12.1 Å². The molecule has 2 fully saturated rings. The average Bonchev–Trinajstić information content (AvgIpc) is 2.39. The molecule has 0 aliphatic carbocycles. The van der Waals surface area contributed by atoms with E-state index in [-0.39, 0.29) is 24.1 Å². The minimum atomic E-state index is -0.276. The van der Waals surface area contributed by atoms with Gasteiger partial charge in [0.1, 0.15) is 0 Å². The van der Waals surface area contributed by atoms with Crippen LogP contribution < -0.4 is 0 Å². The van der Waals surface area contributed by atoms with E-state index >= 15 is 0 Å². The number of carbonyl (C=O) groups excluding carboxylic acids is 1. The number of rotatable bonds is 1. The summed E-state index contributed by atoms with van der Waals surface area (Å²) in [5.41, 5.74) is 1.15. The summed E-state index contributed by atoms with van der Waals surface area (Å²) in [6.45, 7) is 0. The molecule has 2 aliphatic rings. The molecule has 1 N–H and O–H groups in total. The molecule has 0 bridgehead atoms. The number of nitrogens with zero attached hydrogens (tertiary/aromatic N) is 1. The molecule has 1 aromatic carbocycles. The maximum atomic E-state index is 12.2. The average molecular weight is 245 g/mol. The number of benzene rings is 1. The van der Waals surface area contributed by atoms with Gasteiger partial charge >= 0.3 is 0 Å². The Balaban J connectivity index is 1.93. The lowest BCUT2D eigenvalue weighted by Gasteiger charge is -2.46. The highest BCUT2D eigenvalue weighted by atomic mass is 16.3. The first kappa shape index (κ1) is 11.7. The Morgan fingerprint density at radius 2 is 1.94 bits per heavy atom. The van der Waals surface area contributed by atoms with Crippen LogP contribution in [-0.4, -0.2) is 28.1 Å². The van der Waals surface area contributed by atoms with Crippen LogP contribution in [-0.2, 0) is 4.79 Å². The Hall–Kier alpha value is -1.35. The Bertz CT molecular complexity index is 431. The maximum absolute atomic E-state index is 12.2. The third-order valence-corrected chi connectivity index (χ3v) is 4.17. The van der Waals surface area contributed by atoms with Crippen LogP contribution in [0.5, 0.6) is 0 Å². The zero-order valence-corrected chi connectivity index (χ0v) is 10.5. The van der Waals surface area contributed by atoms with Gasteiger partial charge in [0.2, 0.25) is 5.91 Å². The van der Waals surface area contributed by atoms with E-state index in [1.54, 1.807) is 0 Å². The van der Waals surface area contributed by atoms with E-state index in [0.29, 0.717) is 12.8 Å². The van der Waals surface area contributed by atoms with Gasteiger partial charge in [0, 0.05) is 12.5 Å². The minimum absolute atomic E-state index is 0.0627. The number of amides is 1. The molecule has 0 radical (unpaired) electrons. The number of aliphatic hydroxyl groups excluding tert-OH is 1. The minimum Gasteiger partial charge on any atom is -0.393 e. The van der Waals surface area contributed by atoms with Crippen LogP contribution in [0.15, 0.2) is 30.3 Å². The Kier molecular flexibility index (Phi) is 3.08. The first-order valence-corrected chi connectivity index (χ1v) is 6.80. The number of hydrogen-bond donors (Lipinski definition) is 1. The highest BCUT2D eigenvalue weighted by molar-refractivity contribution is 5.78. The van der Waals surface area contributed by atoms with Gasteiger partial charge in [-0.3, -0.25) is 4.79 Å². The molecular formula is C15H19NO2. The van der Waals surface area contributed by atoms with Crippen molar-refractivity contribution in [3.05, 3.63) is 35.9 Å². The molecule has 1 aromatic rings. The second-order valence-corrected chi connectivity index (χ2v) is 5.40. The third kappa shape index (κ3) is 2.03. The Morgan fingerprint density at radius 3 is 2.72 bits per heavy atom. The van der Waals surface area contributed by atoms with Gasteiger partial charge in [-0.05, 0) is 31.2 Å². The summed E-state index contributed by atoms with van der Waals surface area (Å²) < 4.78 is 0. The molecule has 0 aromatic heterocycles. The number of hydrogen-bond acceptors (Lipinski definition) is 2. The maximum Gasteiger partial charge on any atom is 0.223 e. The fourth-order valence-corrected chi connectivity index (χ4v) is 3.37. The molecular weight excluding hydrogens is 226 g/mol. The number of carbonyl (C=O) groups is 1. The van der Waals surface area contributed by atoms with Crippen LogP contribution in [0, 0.1) is 0 Å². The summed E-state index contributed by atoms with van der Waals surface area (Å²) in [4.78, 5) is 14.2. The second kappa shape index (κ2) is 4.73. The molecule has 2 aliphatic heterocycles. The van der Waals surface area contributed by atoms with Gasteiger partial charge in [0.25, 0.3) is 0 Å². The lowest BCUT2D eigenvalue weighted by molar-refractivity contribution is -0.145. The molecule has 2 saturated heterocycles. The fourth-order valence-electron chi connectivity index (χ4n) is 3.37. The van der Waals surface area contributed by atoms with Crippen LogP contribution in [0.4, 0.5) is 0 Å². The van der Waals surface area contributed by atoms with E-state index in [0.717, 1.165) is 24.8 Å². The quantitative estimate of drug-likeness (QED) is 0.824. The van der Waals surface area contributed by atoms with Gasteiger partial charge in [-0.1, -0.05) is 30.3 Å². The smallest absolute Gasteiger partial charge is 0.223 e. The summed E-state index contributed by atoms with van der Waals surface area (Å²) in [6.07, 6.45) is 3.81. The van der Waals surface area contributed by atoms with Gasteiger partial charge in [0.15, 0.2) is 0 Å². The zero-order chi connectivity index (χ0) is 12.5. The van der Waals surface area contributed by atoms with Crippen molar-refractivity contribution in [3.8, 4) is 0 Å². The van der Waals surface area contributed by atoms with E-state index in [1.165, 1.54) is 0 Å². The standard InChI is InChI=1S/C15H19NO2/c17-13-9-12-7-4-8-15(18)16(12)14(10-13)11-5-2-1-3-6-11/h1-3,5-6,12-14,17H,4,7-10H2/t12-,13?,14+/m1/s1. The van der Waals surface area contributed by atoms with Crippen LogP contribution in [0.3, 0.4) is 0 Å². The predicted octanol–water partition coefficient (Wildman–Crippen LogP) is 2.26. The third-order valence-electron chi connectivity index (χ3n) is 4.17. The van der Waals surface area contributed by atoms with Gasteiger partial charge in [-0.15, -0.1) is 0 Å². The molecule has 3 atom stereocenters. The van der Waals surface area contributed by atoms with Crippen molar-refractivity contribution in [2.24, 2.45) is 0 Å². The van der Waals surface area contributed by atoms with E-state index in [9.17, 15) is 9.90 Å². The lowest BCUT2D eigenvalue weighted by atomic mass is 9.84. The summed E-state index contributed by atoms with van der Waals surface area (Å²) in [5.74, 6) is 0.256. The van der Waals surface area contributed by atoms with Crippen LogP contribution in [0.1, 0.15) is 43.7 Å². The summed E-state index contributed by atoms with van der Waals surface area (Å²) in [7, 11) is 0. The monoisotopic (exact) mass is 245 g/mol. The van der Waals surface area contributed by atoms with Crippen LogP contribution in [0.25, 0.3) is 0 Å². The molecule has 96 valence electrons. The molecule has 3 nitrogen and oxygen atoms in total. The highest BCUT2D eigenvalue weighted by Gasteiger charge is 2.40.